The van der Waals surface area contributed by atoms with Crippen molar-refractivity contribution in [2.75, 3.05) is 0 Å². The molecule has 0 aromatic heterocycles. The summed E-state index contributed by atoms with van der Waals surface area (Å²) in [6.07, 6.45) is 0.667. The molecule has 0 saturated heterocycles. The van der Waals surface area contributed by atoms with Crippen LogP contribution in [0.1, 0.15) is 7.85 Å². The second-order valence-corrected chi connectivity index (χ2v) is 1.57. The number of nitriles is 1. The van der Waals surface area contributed by atoms with E-state index in [1.54, 1.807) is 0 Å². The monoisotopic (exact) mass is 159 g/mol. The minimum Gasteiger partial charge on any atom is -1.00 e. The topological polar surface area (TPSA) is 23.8 Å². The van der Waals surface area contributed by atoms with E-state index in [0.717, 1.165) is 5.32 Å². The molecule has 1 nitrogen and oxygen atoms in total. The van der Waals surface area contributed by atoms with Crippen molar-refractivity contribution < 1.29 is 31.0 Å². The van der Waals surface area contributed by atoms with Gasteiger partial charge in [0.2, 0.25) is 0 Å². The van der Waals surface area contributed by atoms with Crippen LogP contribution in [0.15, 0.2) is 0 Å². The van der Waals surface area contributed by atoms with Crippen LogP contribution >= 0.6 is 0 Å². The first kappa shape index (κ1) is 10.1. The summed E-state index contributed by atoms with van der Waals surface area (Å²) in [5.74, 6) is 0. The summed E-state index contributed by atoms with van der Waals surface area (Å²) in [6.45, 7) is 0. The molecule has 6 heavy (non-hydrogen) atoms. The Morgan fingerprint density at radius 1 is 1.83 bits per heavy atom. The Kier molecular flexibility index (Phi) is 15.8. The van der Waals surface area contributed by atoms with Crippen LogP contribution in [0.5, 0.6) is 0 Å². The summed E-state index contributed by atoms with van der Waals surface area (Å²) in [5.41, 5.74) is 0. The maximum Gasteiger partial charge on any atom is 1.00 e. The molecule has 30 valence electrons. The van der Waals surface area contributed by atoms with Gasteiger partial charge in [-0.3, -0.25) is 0 Å². The van der Waals surface area contributed by atoms with Gasteiger partial charge in [-0.25, -0.2) is 0 Å². The molecule has 0 saturated carbocycles. The van der Waals surface area contributed by atoms with E-state index in [4.69, 9.17) is 5.26 Å². The molecule has 0 spiro atoms. The molecule has 0 bridgehead atoms. The van der Waals surface area contributed by atoms with Crippen molar-refractivity contribution in [3.8, 4) is 6.07 Å². The zero-order chi connectivity index (χ0) is 4.12. The molecule has 0 aliphatic rings. The maximum absolute atomic E-state index is 7.81. The number of hydrogen-bond donors (Lipinski definition) is 0. The van der Waals surface area contributed by atoms with Gasteiger partial charge in [-0.2, -0.15) is 0 Å². The fourth-order valence-corrected chi connectivity index (χ4v) is 0.260. The third-order valence-electron chi connectivity index (χ3n) is 0.224. The van der Waals surface area contributed by atoms with E-state index in [1.165, 1.54) is 0 Å². The van der Waals surface area contributed by atoms with Crippen molar-refractivity contribution in [1.82, 2.24) is 0 Å². The first-order valence-corrected chi connectivity index (χ1v) is 2.72. The van der Waals surface area contributed by atoms with Crippen LogP contribution in [0, 0.1) is 11.3 Å². The van der Waals surface area contributed by atoms with Crippen LogP contribution in [-0.2, 0) is 0 Å². The van der Waals surface area contributed by atoms with Gasteiger partial charge in [0.1, 0.15) is 0 Å². The third-order valence-corrected chi connectivity index (χ3v) is 0.693. The average Bonchev–Trinajstić information content (AvgIpc) is 1.41. The molecule has 0 heterocycles. The summed E-state index contributed by atoms with van der Waals surface area (Å²) < 4.78 is 0. The molecule has 0 atom stereocenters. The van der Waals surface area contributed by atoms with Crippen molar-refractivity contribution in [3.63, 3.8) is 0 Å². The predicted octanol–water partition coefficient (Wildman–Crippen LogP) is -2.66. The van der Waals surface area contributed by atoms with E-state index in [2.05, 4.69) is 16.0 Å². The Labute approximate surface area is 69.7 Å². The van der Waals surface area contributed by atoms with Crippen molar-refractivity contribution in [3.05, 3.63) is 0 Å². The van der Waals surface area contributed by atoms with Gasteiger partial charge in [-0.1, -0.05) is 0 Å². The Morgan fingerprint density at radius 2 is 2.33 bits per heavy atom. The smallest absolute Gasteiger partial charge is 1.00 e. The van der Waals surface area contributed by atoms with Crippen molar-refractivity contribution in [1.29, 1.82) is 5.26 Å². The molecule has 0 fully saturated rings. The first-order chi connectivity index (χ1) is 2.41. The van der Waals surface area contributed by atoms with Crippen molar-refractivity contribution >= 4 is 16.0 Å². The van der Waals surface area contributed by atoms with Gasteiger partial charge < -0.3 is 1.43 Å². The molecule has 0 N–H and O–H groups in total. The van der Waals surface area contributed by atoms with E-state index >= 15 is 0 Å². The van der Waals surface area contributed by atoms with Gasteiger partial charge in [0, 0.05) is 0 Å². The zero-order valence-corrected chi connectivity index (χ0v) is 7.69. The molecular formula is C3H6NNaSe. The van der Waals surface area contributed by atoms with Crippen LogP contribution < -0.4 is 29.6 Å². The maximum atomic E-state index is 7.81. The Balaban J connectivity index is -0.0000000800. The Morgan fingerprint density at radius 3 is 2.33 bits per heavy atom. The summed E-state index contributed by atoms with van der Waals surface area (Å²) in [7, 11) is 0. The molecule has 3 heteroatoms. The second kappa shape index (κ2) is 9.38. The molecule has 0 radical (unpaired) electrons. The first-order valence-electron chi connectivity index (χ1n) is 1.39. The molecule has 0 aromatic rings. The molecule has 0 aliphatic heterocycles. The van der Waals surface area contributed by atoms with Gasteiger partial charge in [0.05, 0.1) is 0 Å². The molecule has 0 unspecified atom stereocenters. The van der Waals surface area contributed by atoms with Gasteiger partial charge in [-0.05, 0) is 0 Å². The third kappa shape index (κ3) is 8.89. The number of hydrogen-bond acceptors (Lipinski definition) is 1. The fraction of sp³-hybridized carbons (Fsp3) is 0.667. The summed E-state index contributed by atoms with van der Waals surface area (Å²) in [4.78, 5) is 0. The predicted molar refractivity (Wildman–Crippen MR) is 23.3 cm³/mol. The quantitative estimate of drug-likeness (QED) is 0.382. The molecular weight excluding hydrogens is 152 g/mol. The SMILES string of the molecule is N#CCC[SeH].[H-].[Na+]. The van der Waals surface area contributed by atoms with E-state index in [0.29, 0.717) is 6.42 Å². The zero-order valence-electron chi connectivity index (χ0n) is 4.81. The van der Waals surface area contributed by atoms with Crippen LogP contribution in [0.25, 0.3) is 0 Å². The number of rotatable bonds is 1. The summed E-state index contributed by atoms with van der Waals surface area (Å²) in [5, 5.41) is 8.73. The van der Waals surface area contributed by atoms with Gasteiger partial charge in [0.15, 0.2) is 0 Å². The second-order valence-electron chi connectivity index (χ2n) is 0.632. The van der Waals surface area contributed by atoms with Crippen LogP contribution in [0.4, 0.5) is 0 Å². The molecule has 0 rings (SSSR count). The Bertz CT molecular complexity index is 53.4. The largest absolute Gasteiger partial charge is 1.00 e. The fourth-order valence-electron chi connectivity index (χ4n) is 0.0500. The minimum absolute atomic E-state index is 0. The molecule has 0 aliphatic carbocycles. The van der Waals surface area contributed by atoms with Crippen molar-refractivity contribution in [2.24, 2.45) is 0 Å². The van der Waals surface area contributed by atoms with E-state index in [9.17, 15) is 0 Å². The van der Waals surface area contributed by atoms with Crippen LogP contribution in [0.2, 0.25) is 5.32 Å². The van der Waals surface area contributed by atoms with E-state index < -0.39 is 0 Å². The number of nitrogens with zero attached hydrogens (tertiary/aromatic N) is 1. The van der Waals surface area contributed by atoms with Gasteiger partial charge in [0.25, 0.3) is 0 Å². The normalized spacial score (nSPS) is 5.33. The molecule has 0 aromatic carbocycles. The standard InChI is InChI=1S/C3H5NSe.Na.H/c4-2-1-3-5;;/h5H,1,3H2;;/q;+1;-1. The van der Waals surface area contributed by atoms with Gasteiger partial charge >= 0.3 is 68.6 Å². The summed E-state index contributed by atoms with van der Waals surface area (Å²) >= 11 is 2.36. The van der Waals surface area contributed by atoms with Crippen LogP contribution in [0.3, 0.4) is 0 Å². The Hall–Kier alpha value is 1.01. The van der Waals surface area contributed by atoms with Crippen LogP contribution in [-0.4, -0.2) is 16.0 Å². The van der Waals surface area contributed by atoms with E-state index in [1.807, 2.05) is 6.07 Å². The van der Waals surface area contributed by atoms with Crippen molar-refractivity contribution in [2.45, 2.75) is 11.7 Å². The minimum atomic E-state index is 0. The van der Waals surface area contributed by atoms with Gasteiger partial charge in [-0.15, -0.1) is 0 Å². The average molecular weight is 158 g/mol. The molecule has 0 amide bonds. The summed E-state index contributed by atoms with van der Waals surface area (Å²) in [6, 6.07) is 2.00. The van der Waals surface area contributed by atoms with E-state index in [-0.39, 0.29) is 31.0 Å².